The largest absolute Gasteiger partial charge is 0.376 e. The molecule has 1 saturated carbocycles. The molecule has 4 atom stereocenters. The van der Waals surface area contributed by atoms with Crippen LogP contribution in [0.15, 0.2) is 0 Å². The minimum atomic E-state index is -3.44. The summed E-state index contributed by atoms with van der Waals surface area (Å²) in [4.78, 5) is 0. The zero-order chi connectivity index (χ0) is 11.8. The van der Waals surface area contributed by atoms with E-state index in [1.165, 1.54) is 0 Å². The average molecular weight is 249 g/mol. The first-order valence-electron chi connectivity index (χ1n) is 5.69. The number of nitrogens with two attached hydrogens (primary N) is 1. The smallest absolute Gasteiger partial charge is 0.277 e. The van der Waals surface area contributed by atoms with Crippen LogP contribution >= 0.6 is 0 Å². The van der Waals surface area contributed by atoms with Gasteiger partial charge in [-0.2, -0.15) is 13.1 Å². The number of hydrogen-bond donors (Lipinski definition) is 3. The Hall–Kier alpha value is -0.210. The molecule has 1 saturated heterocycles. The van der Waals surface area contributed by atoms with Crippen molar-refractivity contribution >= 4 is 10.2 Å². The Bertz CT molecular complexity index is 346. The number of hydrogen-bond acceptors (Lipinski definition) is 4. The van der Waals surface area contributed by atoms with Gasteiger partial charge in [0.25, 0.3) is 10.2 Å². The molecule has 1 heterocycles. The Labute approximate surface area is 96.1 Å². The fourth-order valence-electron chi connectivity index (χ4n) is 2.35. The molecule has 1 aliphatic carbocycles. The number of fused-ring (bicyclic) bond motifs is 1. The third-order valence-corrected chi connectivity index (χ3v) is 4.45. The Morgan fingerprint density at radius 2 is 2.25 bits per heavy atom. The summed E-state index contributed by atoms with van der Waals surface area (Å²) in [6.45, 7) is 3.03. The molecule has 2 rings (SSSR count). The summed E-state index contributed by atoms with van der Waals surface area (Å²) < 4.78 is 33.7. The van der Waals surface area contributed by atoms with Crippen molar-refractivity contribution in [1.82, 2.24) is 9.44 Å². The molecule has 0 bridgehead atoms. The van der Waals surface area contributed by atoms with Gasteiger partial charge in [0.1, 0.15) is 0 Å². The van der Waals surface area contributed by atoms with Crippen LogP contribution in [0.2, 0.25) is 0 Å². The second kappa shape index (κ2) is 4.58. The van der Waals surface area contributed by atoms with Crippen molar-refractivity contribution in [2.75, 3.05) is 13.2 Å². The fourth-order valence-corrected chi connectivity index (χ4v) is 3.56. The Balaban J connectivity index is 1.90. The summed E-state index contributed by atoms with van der Waals surface area (Å²) >= 11 is 0. The zero-order valence-corrected chi connectivity index (χ0v) is 10.2. The highest BCUT2D eigenvalue weighted by Crippen LogP contribution is 2.37. The highest BCUT2D eigenvalue weighted by molar-refractivity contribution is 7.87. The van der Waals surface area contributed by atoms with E-state index in [1.54, 1.807) is 0 Å². The van der Waals surface area contributed by atoms with Crippen molar-refractivity contribution < 1.29 is 13.2 Å². The zero-order valence-electron chi connectivity index (χ0n) is 9.35. The lowest BCUT2D eigenvalue weighted by Crippen LogP contribution is -2.69. The van der Waals surface area contributed by atoms with Gasteiger partial charge in [-0.05, 0) is 12.8 Å². The summed E-state index contributed by atoms with van der Waals surface area (Å²) in [5.41, 5.74) is 5.91. The molecule has 4 N–H and O–H groups in total. The first-order chi connectivity index (χ1) is 7.55. The molecule has 0 amide bonds. The van der Waals surface area contributed by atoms with E-state index in [0.29, 0.717) is 19.1 Å². The molecule has 0 aromatic carbocycles. The van der Waals surface area contributed by atoms with Crippen molar-refractivity contribution in [2.24, 2.45) is 11.7 Å². The van der Waals surface area contributed by atoms with Crippen molar-refractivity contribution in [1.29, 1.82) is 0 Å². The Kier molecular flexibility index (Phi) is 3.50. The topological polar surface area (TPSA) is 93.5 Å². The Morgan fingerprint density at radius 1 is 1.50 bits per heavy atom. The quantitative estimate of drug-likeness (QED) is 0.578. The number of ether oxygens (including phenoxy) is 1. The highest BCUT2D eigenvalue weighted by atomic mass is 32.2. The highest BCUT2D eigenvalue weighted by Gasteiger charge is 2.53. The van der Waals surface area contributed by atoms with E-state index < -0.39 is 10.2 Å². The lowest BCUT2D eigenvalue weighted by atomic mass is 9.73. The van der Waals surface area contributed by atoms with Gasteiger partial charge in [0.15, 0.2) is 0 Å². The van der Waals surface area contributed by atoms with Gasteiger partial charge >= 0.3 is 0 Å². The molecule has 6 nitrogen and oxygen atoms in total. The molecule has 2 aliphatic rings. The molecule has 0 radical (unpaired) electrons. The molecule has 0 aromatic rings. The molecule has 0 aromatic heterocycles. The van der Waals surface area contributed by atoms with Gasteiger partial charge in [0.05, 0.1) is 12.1 Å². The minimum absolute atomic E-state index is 0.0341. The molecule has 94 valence electrons. The van der Waals surface area contributed by atoms with Gasteiger partial charge in [-0.3, -0.25) is 0 Å². The van der Waals surface area contributed by atoms with Crippen molar-refractivity contribution in [3.63, 3.8) is 0 Å². The summed E-state index contributed by atoms with van der Waals surface area (Å²) in [6, 6.07) is -0.396. The Morgan fingerprint density at radius 3 is 2.94 bits per heavy atom. The second-order valence-electron chi connectivity index (χ2n) is 4.41. The maximum atomic E-state index is 11.6. The van der Waals surface area contributed by atoms with Crippen LogP contribution < -0.4 is 15.2 Å². The predicted octanol–water partition coefficient (Wildman–Crippen LogP) is -1.06. The molecule has 0 spiro atoms. The molecular weight excluding hydrogens is 230 g/mol. The van der Waals surface area contributed by atoms with Gasteiger partial charge in [0.2, 0.25) is 0 Å². The van der Waals surface area contributed by atoms with E-state index in [2.05, 4.69) is 9.44 Å². The first-order valence-corrected chi connectivity index (χ1v) is 7.17. The second-order valence-corrected chi connectivity index (χ2v) is 5.94. The van der Waals surface area contributed by atoms with Gasteiger partial charge < -0.3 is 10.5 Å². The maximum absolute atomic E-state index is 11.6. The monoisotopic (exact) mass is 249 g/mol. The van der Waals surface area contributed by atoms with Crippen LogP contribution in [-0.4, -0.2) is 39.8 Å². The third-order valence-electron chi connectivity index (χ3n) is 3.28. The van der Waals surface area contributed by atoms with Crippen molar-refractivity contribution in [2.45, 2.75) is 38.0 Å². The summed E-state index contributed by atoms with van der Waals surface area (Å²) in [5, 5.41) is 0. The third kappa shape index (κ3) is 2.23. The predicted molar refractivity (Wildman–Crippen MR) is 60.0 cm³/mol. The standard InChI is InChI=1S/C9H19N3O3S/c1-2-4-11-16(13,14)12-8-7(10)6-3-5-15-9(6)8/h6-9,11-12H,2-5,10H2,1H3. The first kappa shape index (κ1) is 12.3. The van der Waals surface area contributed by atoms with Crippen LogP contribution in [0.1, 0.15) is 19.8 Å². The van der Waals surface area contributed by atoms with Crippen LogP contribution in [0.5, 0.6) is 0 Å². The maximum Gasteiger partial charge on any atom is 0.277 e. The normalized spacial score (nSPS) is 38.1. The lowest BCUT2D eigenvalue weighted by Gasteiger charge is -2.45. The van der Waals surface area contributed by atoms with Crippen LogP contribution in [0.3, 0.4) is 0 Å². The van der Waals surface area contributed by atoms with Gasteiger partial charge in [0, 0.05) is 25.1 Å². The van der Waals surface area contributed by atoms with Crippen LogP contribution in [0.4, 0.5) is 0 Å². The SMILES string of the molecule is CCCNS(=O)(=O)NC1C(N)C2CCOC21. The van der Waals surface area contributed by atoms with Gasteiger partial charge in [-0.25, -0.2) is 4.72 Å². The van der Waals surface area contributed by atoms with Gasteiger partial charge in [-0.1, -0.05) is 6.92 Å². The van der Waals surface area contributed by atoms with E-state index in [9.17, 15) is 8.42 Å². The summed E-state index contributed by atoms with van der Waals surface area (Å²) in [7, 11) is -3.44. The molecule has 7 heteroatoms. The van der Waals surface area contributed by atoms with Crippen LogP contribution in [0, 0.1) is 5.92 Å². The van der Waals surface area contributed by atoms with Crippen LogP contribution in [0.25, 0.3) is 0 Å². The number of rotatable bonds is 5. The molecule has 16 heavy (non-hydrogen) atoms. The molecule has 1 aliphatic heterocycles. The van der Waals surface area contributed by atoms with Crippen molar-refractivity contribution in [3.8, 4) is 0 Å². The van der Waals surface area contributed by atoms with E-state index in [0.717, 1.165) is 12.8 Å². The molecular formula is C9H19N3O3S. The summed E-state index contributed by atoms with van der Waals surface area (Å²) in [6.07, 6.45) is 1.67. The lowest BCUT2D eigenvalue weighted by molar-refractivity contribution is -0.00935. The van der Waals surface area contributed by atoms with E-state index in [4.69, 9.17) is 10.5 Å². The van der Waals surface area contributed by atoms with Crippen molar-refractivity contribution in [3.05, 3.63) is 0 Å². The minimum Gasteiger partial charge on any atom is -0.376 e. The molecule has 2 fully saturated rings. The van der Waals surface area contributed by atoms with E-state index in [-0.39, 0.29) is 18.2 Å². The average Bonchev–Trinajstić information content (AvgIpc) is 2.68. The van der Waals surface area contributed by atoms with E-state index >= 15 is 0 Å². The number of nitrogens with one attached hydrogen (secondary N) is 2. The van der Waals surface area contributed by atoms with Gasteiger partial charge in [-0.15, -0.1) is 0 Å². The van der Waals surface area contributed by atoms with E-state index in [1.807, 2.05) is 6.92 Å². The summed E-state index contributed by atoms with van der Waals surface area (Å²) in [5.74, 6) is 0.318. The molecule has 4 unspecified atom stereocenters. The van der Waals surface area contributed by atoms with Crippen LogP contribution in [-0.2, 0) is 14.9 Å². The fraction of sp³-hybridized carbons (Fsp3) is 1.00.